The summed E-state index contributed by atoms with van der Waals surface area (Å²) in [6, 6.07) is 7.54. The van der Waals surface area contributed by atoms with E-state index in [0.717, 1.165) is 11.1 Å². The summed E-state index contributed by atoms with van der Waals surface area (Å²) in [5, 5.41) is 20.6. The minimum Gasteiger partial charge on any atom is -0.507 e. The van der Waals surface area contributed by atoms with Crippen LogP contribution in [0, 0.1) is 0 Å². The van der Waals surface area contributed by atoms with Crippen molar-refractivity contribution in [1.82, 2.24) is 4.90 Å². The Kier molecular flexibility index (Phi) is 5.93. The van der Waals surface area contributed by atoms with E-state index in [2.05, 4.69) is 0 Å². The molecule has 0 aliphatic rings. The number of nitrogens with zero attached hydrogens (tertiary/aromatic N) is 1. The summed E-state index contributed by atoms with van der Waals surface area (Å²) in [6.07, 6.45) is 0. The molecule has 1 heterocycles. The van der Waals surface area contributed by atoms with E-state index >= 15 is 0 Å². The Balaban J connectivity index is 2.27. The van der Waals surface area contributed by atoms with E-state index in [1.807, 2.05) is 44.0 Å². The number of thiophene rings is 1. The highest BCUT2D eigenvalue weighted by molar-refractivity contribution is 7.12. The second kappa shape index (κ2) is 7.73. The Morgan fingerprint density at radius 2 is 2.09 bits per heavy atom. The lowest BCUT2D eigenvalue weighted by Crippen LogP contribution is -2.21. The third-order valence-electron chi connectivity index (χ3n) is 3.72. The lowest BCUT2D eigenvalue weighted by Gasteiger charge is -2.15. The van der Waals surface area contributed by atoms with Crippen LogP contribution in [0.3, 0.4) is 0 Å². The highest BCUT2D eigenvalue weighted by atomic mass is 32.1. The fourth-order valence-electron chi connectivity index (χ4n) is 2.60. The van der Waals surface area contributed by atoms with E-state index in [0.29, 0.717) is 23.5 Å². The van der Waals surface area contributed by atoms with Crippen molar-refractivity contribution >= 4 is 17.1 Å². The van der Waals surface area contributed by atoms with Crippen LogP contribution in [0.1, 0.15) is 46.1 Å². The lowest BCUT2D eigenvalue weighted by atomic mass is 9.98. The Morgan fingerprint density at radius 1 is 1.35 bits per heavy atom. The highest BCUT2D eigenvalue weighted by Crippen LogP contribution is 2.35. The van der Waals surface area contributed by atoms with Gasteiger partial charge in [0.1, 0.15) is 5.75 Å². The molecule has 0 fully saturated rings. The summed E-state index contributed by atoms with van der Waals surface area (Å²) in [4.78, 5) is 15.4. The summed E-state index contributed by atoms with van der Waals surface area (Å²) in [6.45, 7) is 5.32. The van der Waals surface area contributed by atoms with E-state index in [1.54, 1.807) is 11.4 Å². The van der Waals surface area contributed by atoms with Crippen molar-refractivity contribution in [3.63, 3.8) is 0 Å². The quantitative estimate of drug-likeness (QED) is 0.764. The zero-order valence-electron chi connectivity index (χ0n) is 13.7. The van der Waals surface area contributed by atoms with E-state index < -0.39 is 0 Å². The molecule has 5 heteroatoms. The third kappa shape index (κ3) is 4.19. The first-order valence-corrected chi connectivity index (χ1v) is 8.55. The number of carbonyl (C=O) groups is 1. The van der Waals surface area contributed by atoms with Crippen LogP contribution in [0.2, 0.25) is 0 Å². The van der Waals surface area contributed by atoms with Crippen molar-refractivity contribution < 1.29 is 15.0 Å². The monoisotopic (exact) mass is 333 g/mol. The normalized spacial score (nSPS) is 11.4. The van der Waals surface area contributed by atoms with Gasteiger partial charge in [0.15, 0.2) is 0 Å². The van der Waals surface area contributed by atoms with Gasteiger partial charge in [0.05, 0.1) is 11.5 Å². The number of benzene rings is 1. The number of aromatic hydroxyl groups is 1. The molecule has 0 atom stereocenters. The van der Waals surface area contributed by atoms with Crippen molar-refractivity contribution in [1.29, 1.82) is 0 Å². The van der Waals surface area contributed by atoms with Crippen molar-refractivity contribution in [2.75, 3.05) is 20.2 Å². The predicted octanol–water partition coefficient (Wildman–Crippen LogP) is 3.23. The minimum atomic E-state index is -0.0503. The molecule has 0 bridgehead atoms. The maximum atomic E-state index is 12.8. The maximum Gasteiger partial charge on any atom is 0.203 e. The Hall–Kier alpha value is -1.69. The molecule has 23 heavy (non-hydrogen) atoms. The number of likely N-dealkylation sites (N-methyl/N-ethyl adjacent to an activating group) is 1. The Bertz CT molecular complexity index is 679. The molecule has 124 valence electrons. The van der Waals surface area contributed by atoms with E-state index in [-0.39, 0.29) is 24.1 Å². The smallest absolute Gasteiger partial charge is 0.203 e. The summed E-state index contributed by atoms with van der Waals surface area (Å²) in [7, 11) is 1.93. The summed E-state index contributed by atoms with van der Waals surface area (Å²) >= 11 is 1.29. The van der Waals surface area contributed by atoms with Crippen LogP contribution in [-0.2, 0) is 6.54 Å². The molecule has 0 saturated carbocycles. The van der Waals surface area contributed by atoms with Gasteiger partial charge in [-0.3, -0.25) is 9.69 Å². The van der Waals surface area contributed by atoms with E-state index in [1.165, 1.54) is 11.3 Å². The van der Waals surface area contributed by atoms with Gasteiger partial charge in [0.2, 0.25) is 5.78 Å². The van der Waals surface area contributed by atoms with Gasteiger partial charge in [-0.1, -0.05) is 32.0 Å². The molecule has 4 nitrogen and oxygen atoms in total. The van der Waals surface area contributed by atoms with E-state index in [4.69, 9.17) is 5.11 Å². The lowest BCUT2D eigenvalue weighted by molar-refractivity contribution is 0.104. The number of hydrogen-bond donors (Lipinski definition) is 2. The van der Waals surface area contributed by atoms with Gasteiger partial charge >= 0.3 is 0 Å². The second-order valence-corrected chi connectivity index (χ2v) is 6.89. The summed E-state index contributed by atoms with van der Waals surface area (Å²) < 4.78 is 0. The van der Waals surface area contributed by atoms with Gasteiger partial charge in [0.25, 0.3) is 0 Å². The largest absolute Gasteiger partial charge is 0.507 e. The molecule has 0 unspecified atom stereocenters. The first kappa shape index (κ1) is 17.7. The second-order valence-electron chi connectivity index (χ2n) is 6.01. The standard InChI is InChI=1S/C18H23NO3S/c1-12(2)16-15(21)11-23-18(16)17(22)14-6-4-5-13(9-14)10-19(3)7-8-20/h4-6,9,11-12,20-21H,7-8,10H2,1-3H3. The van der Waals surface area contributed by atoms with Gasteiger partial charge in [-0.25, -0.2) is 0 Å². The van der Waals surface area contributed by atoms with E-state index in [9.17, 15) is 9.90 Å². The molecule has 0 amide bonds. The molecular weight excluding hydrogens is 310 g/mol. The van der Waals surface area contributed by atoms with Crippen LogP contribution in [0.15, 0.2) is 29.6 Å². The molecule has 0 saturated heterocycles. The Morgan fingerprint density at radius 3 is 2.74 bits per heavy atom. The zero-order chi connectivity index (χ0) is 17.0. The molecule has 0 aliphatic heterocycles. The molecule has 1 aromatic carbocycles. The van der Waals surface area contributed by atoms with Crippen LogP contribution in [-0.4, -0.2) is 41.1 Å². The molecular formula is C18H23NO3S. The van der Waals surface area contributed by atoms with Crippen molar-refractivity contribution in [2.24, 2.45) is 0 Å². The number of aliphatic hydroxyl groups excluding tert-OH is 1. The minimum absolute atomic E-state index is 0.0503. The van der Waals surface area contributed by atoms with Gasteiger partial charge in [-0.05, 0) is 24.6 Å². The molecule has 0 aliphatic carbocycles. The first-order chi connectivity index (χ1) is 10.9. The van der Waals surface area contributed by atoms with Crippen molar-refractivity contribution in [3.8, 4) is 5.75 Å². The third-order valence-corrected chi connectivity index (χ3v) is 4.70. The van der Waals surface area contributed by atoms with Crippen LogP contribution in [0.4, 0.5) is 0 Å². The number of aliphatic hydroxyl groups is 1. The molecule has 2 N–H and O–H groups in total. The average Bonchev–Trinajstić information content (AvgIpc) is 2.89. The number of ketones is 1. The van der Waals surface area contributed by atoms with Gasteiger partial charge in [-0.2, -0.15) is 0 Å². The first-order valence-electron chi connectivity index (χ1n) is 7.67. The highest BCUT2D eigenvalue weighted by Gasteiger charge is 2.21. The van der Waals surface area contributed by atoms with Crippen LogP contribution in [0.25, 0.3) is 0 Å². The molecule has 0 radical (unpaired) electrons. The average molecular weight is 333 g/mol. The number of hydrogen-bond acceptors (Lipinski definition) is 5. The fourth-order valence-corrected chi connectivity index (χ4v) is 3.64. The van der Waals surface area contributed by atoms with Gasteiger partial charge in [0, 0.05) is 29.6 Å². The topological polar surface area (TPSA) is 60.8 Å². The fraction of sp³-hybridized carbons (Fsp3) is 0.389. The van der Waals surface area contributed by atoms with Crippen molar-refractivity contribution in [2.45, 2.75) is 26.3 Å². The Labute approximate surface area is 141 Å². The van der Waals surface area contributed by atoms with Gasteiger partial charge < -0.3 is 10.2 Å². The van der Waals surface area contributed by atoms with Gasteiger partial charge in [-0.15, -0.1) is 11.3 Å². The summed E-state index contributed by atoms with van der Waals surface area (Å²) in [5.41, 5.74) is 2.38. The van der Waals surface area contributed by atoms with Crippen molar-refractivity contribution in [3.05, 3.63) is 51.2 Å². The van der Waals surface area contributed by atoms with Crippen LogP contribution in [0.5, 0.6) is 5.75 Å². The number of rotatable bonds is 7. The molecule has 2 aromatic rings. The van der Waals surface area contributed by atoms with Crippen LogP contribution < -0.4 is 0 Å². The predicted molar refractivity (Wildman–Crippen MR) is 93.4 cm³/mol. The number of carbonyl (C=O) groups excluding carboxylic acids is 1. The zero-order valence-corrected chi connectivity index (χ0v) is 14.6. The SMILES string of the molecule is CC(C)c1c(O)csc1C(=O)c1cccc(CN(C)CCO)c1. The summed E-state index contributed by atoms with van der Waals surface area (Å²) in [5.74, 6) is 0.247. The van der Waals surface area contributed by atoms with Crippen LogP contribution >= 0.6 is 11.3 Å². The molecule has 0 spiro atoms. The molecule has 1 aromatic heterocycles. The molecule has 2 rings (SSSR count). The maximum absolute atomic E-state index is 12.8.